The number of nitrogens with one attached hydrogen (secondary N) is 3. The third-order valence-electron chi connectivity index (χ3n) is 8.06. The van der Waals surface area contributed by atoms with Crippen LogP contribution in [0.4, 0.5) is 17.1 Å². The van der Waals surface area contributed by atoms with Crippen molar-refractivity contribution in [1.29, 1.82) is 0 Å². The van der Waals surface area contributed by atoms with E-state index in [4.69, 9.17) is 4.74 Å². The van der Waals surface area contributed by atoms with Crippen molar-refractivity contribution in [3.05, 3.63) is 132 Å². The van der Waals surface area contributed by atoms with Gasteiger partial charge in [0.1, 0.15) is 5.75 Å². The minimum absolute atomic E-state index is 0.00493. The van der Waals surface area contributed by atoms with Crippen LogP contribution < -0.4 is 20.7 Å². The maximum absolute atomic E-state index is 13.7. The van der Waals surface area contributed by atoms with Gasteiger partial charge in [0.2, 0.25) is 5.91 Å². The molecule has 0 heterocycles. The molecule has 0 spiro atoms. The Morgan fingerprint density at radius 1 is 0.596 bits per heavy atom. The molecule has 264 valence electrons. The molecule has 0 aromatic heterocycles. The molecule has 0 radical (unpaired) electrons. The Hall–Kier alpha value is -6.13. The standard InChI is InChI=1S/C37H29N3O10S2/c1-50-28-10-8-22(9-11-28)16-35(41)38-27-18-25(36(42)39-33-6-2-4-23-20-29(51(44,45)46)12-14-31(23)33)17-26(19-27)37(43)40-34-7-3-5-24-21-30(52(47,48)49)13-15-32(24)34/h2-15,17-21H,16H2,1H3,(H,38,41)(H,39,42)(H,40,43)(H,44,45,46)(H,47,48,49). The second kappa shape index (κ2) is 14.2. The van der Waals surface area contributed by atoms with Crippen molar-refractivity contribution in [2.45, 2.75) is 16.2 Å². The number of hydrogen-bond donors (Lipinski definition) is 5. The van der Waals surface area contributed by atoms with Gasteiger partial charge in [-0.05, 0) is 83.1 Å². The van der Waals surface area contributed by atoms with Crippen molar-refractivity contribution in [2.24, 2.45) is 0 Å². The van der Waals surface area contributed by atoms with Crippen LogP contribution in [0.1, 0.15) is 26.3 Å². The molecule has 0 aliphatic rings. The Labute approximate surface area is 297 Å². The van der Waals surface area contributed by atoms with Gasteiger partial charge < -0.3 is 20.7 Å². The smallest absolute Gasteiger partial charge is 0.294 e. The molecule has 0 bridgehead atoms. The van der Waals surface area contributed by atoms with Crippen molar-refractivity contribution >= 4 is 76.6 Å². The van der Waals surface area contributed by atoms with Gasteiger partial charge in [-0.15, -0.1) is 0 Å². The Kier molecular flexibility index (Phi) is 9.77. The van der Waals surface area contributed by atoms with Crippen LogP contribution in [0.3, 0.4) is 0 Å². The highest BCUT2D eigenvalue weighted by molar-refractivity contribution is 7.86. The highest BCUT2D eigenvalue weighted by atomic mass is 32.2. The first-order valence-electron chi connectivity index (χ1n) is 15.4. The summed E-state index contributed by atoms with van der Waals surface area (Å²) in [6, 6.07) is 28.4. The van der Waals surface area contributed by atoms with Crippen molar-refractivity contribution in [1.82, 2.24) is 0 Å². The van der Waals surface area contributed by atoms with Crippen LogP contribution >= 0.6 is 0 Å². The fourth-order valence-corrected chi connectivity index (χ4v) is 6.58. The van der Waals surface area contributed by atoms with Gasteiger partial charge in [0.15, 0.2) is 0 Å². The molecule has 52 heavy (non-hydrogen) atoms. The number of methoxy groups -OCH3 is 1. The van der Waals surface area contributed by atoms with Gasteiger partial charge in [-0.25, -0.2) is 0 Å². The van der Waals surface area contributed by atoms with Gasteiger partial charge in [-0.1, -0.05) is 48.5 Å². The summed E-state index contributed by atoms with van der Waals surface area (Å²) < 4.78 is 70.8. The largest absolute Gasteiger partial charge is 0.497 e. The molecule has 0 saturated heterocycles. The lowest BCUT2D eigenvalue weighted by atomic mass is 10.0. The second-order valence-electron chi connectivity index (χ2n) is 11.6. The van der Waals surface area contributed by atoms with E-state index in [0.29, 0.717) is 44.2 Å². The maximum atomic E-state index is 13.7. The van der Waals surface area contributed by atoms with Crippen LogP contribution in [0.25, 0.3) is 21.5 Å². The molecule has 0 saturated carbocycles. The van der Waals surface area contributed by atoms with Crippen LogP contribution in [-0.2, 0) is 31.5 Å². The zero-order valence-electron chi connectivity index (χ0n) is 27.2. The molecule has 0 unspecified atom stereocenters. The summed E-state index contributed by atoms with van der Waals surface area (Å²) in [5.41, 5.74) is 1.44. The molecule has 3 amide bonds. The molecule has 6 aromatic carbocycles. The number of hydrogen-bond acceptors (Lipinski definition) is 8. The summed E-state index contributed by atoms with van der Waals surface area (Å²) in [7, 11) is -7.41. The molecule has 13 nitrogen and oxygen atoms in total. The van der Waals surface area contributed by atoms with E-state index in [2.05, 4.69) is 16.0 Å². The normalized spacial score (nSPS) is 11.6. The summed E-state index contributed by atoms with van der Waals surface area (Å²) in [5, 5.41) is 10.1. The van der Waals surface area contributed by atoms with E-state index >= 15 is 0 Å². The van der Waals surface area contributed by atoms with Crippen LogP contribution in [0.5, 0.6) is 5.75 Å². The van der Waals surface area contributed by atoms with Crippen molar-refractivity contribution < 1.29 is 45.1 Å². The highest BCUT2D eigenvalue weighted by Crippen LogP contribution is 2.29. The summed E-state index contributed by atoms with van der Waals surface area (Å²) in [4.78, 5) is 39.9. The van der Waals surface area contributed by atoms with Crippen molar-refractivity contribution in [3.8, 4) is 5.75 Å². The zero-order chi connectivity index (χ0) is 37.2. The van der Waals surface area contributed by atoms with Gasteiger partial charge in [0.05, 0.1) is 23.3 Å². The first-order chi connectivity index (χ1) is 24.7. The fourth-order valence-electron chi connectivity index (χ4n) is 5.55. The summed E-state index contributed by atoms with van der Waals surface area (Å²) in [5.74, 6) is -1.13. The quantitative estimate of drug-likeness (QED) is 0.101. The first-order valence-corrected chi connectivity index (χ1v) is 18.3. The second-order valence-corrected chi connectivity index (χ2v) is 14.5. The lowest BCUT2D eigenvalue weighted by Gasteiger charge is -2.14. The van der Waals surface area contributed by atoms with E-state index in [1.54, 1.807) is 60.7 Å². The molecule has 5 N–H and O–H groups in total. The highest BCUT2D eigenvalue weighted by Gasteiger charge is 2.18. The van der Waals surface area contributed by atoms with E-state index < -0.39 is 38.0 Å². The SMILES string of the molecule is COc1ccc(CC(=O)Nc2cc(C(=O)Nc3cccc4cc(S(=O)(=O)O)ccc34)cc(C(=O)Nc3cccc4cc(S(=O)(=O)O)ccc34)c2)cc1. The van der Waals surface area contributed by atoms with Crippen molar-refractivity contribution in [2.75, 3.05) is 23.1 Å². The molecule has 15 heteroatoms. The Morgan fingerprint density at radius 2 is 1.08 bits per heavy atom. The van der Waals surface area contributed by atoms with Gasteiger partial charge >= 0.3 is 0 Å². The summed E-state index contributed by atoms with van der Waals surface area (Å²) in [6.45, 7) is 0. The van der Waals surface area contributed by atoms with E-state index in [-0.39, 0.29) is 33.0 Å². The Balaban J connectivity index is 1.33. The molecular formula is C37H29N3O10S2. The van der Waals surface area contributed by atoms with E-state index in [1.165, 1.54) is 61.7 Å². The topological polar surface area (TPSA) is 205 Å². The van der Waals surface area contributed by atoms with E-state index in [0.717, 1.165) is 0 Å². The number of rotatable bonds is 10. The monoisotopic (exact) mass is 739 g/mol. The Bertz CT molecular complexity index is 2480. The number of benzene rings is 6. The van der Waals surface area contributed by atoms with Gasteiger partial charge in [-0.3, -0.25) is 23.5 Å². The molecule has 6 rings (SSSR count). The predicted molar refractivity (Wildman–Crippen MR) is 195 cm³/mol. The van der Waals surface area contributed by atoms with Gasteiger partial charge in [-0.2, -0.15) is 16.8 Å². The lowest BCUT2D eigenvalue weighted by molar-refractivity contribution is -0.115. The molecular weight excluding hydrogens is 711 g/mol. The summed E-state index contributed by atoms with van der Waals surface area (Å²) in [6.07, 6.45) is -0.0228. The molecule has 0 aliphatic carbocycles. The van der Waals surface area contributed by atoms with Crippen LogP contribution in [0.2, 0.25) is 0 Å². The first kappa shape index (κ1) is 35.7. The molecule has 0 aliphatic heterocycles. The number of fused-ring (bicyclic) bond motifs is 2. The predicted octanol–water partition coefficient (Wildman–Crippen LogP) is 6.18. The number of ether oxygens (including phenoxy) is 1. The van der Waals surface area contributed by atoms with E-state index in [9.17, 15) is 40.3 Å². The van der Waals surface area contributed by atoms with Crippen molar-refractivity contribution in [3.63, 3.8) is 0 Å². The zero-order valence-corrected chi connectivity index (χ0v) is 28.8. The summed E-state index contributed by atoms with van der Waals surface area (Å²) >= 11 is 0. The molecule has 6 aromatic rings. The van der Waals surface area contributed by atoms with Crippen LogP contribution in [0, 0.1) is 0 Å². The van der Waals surface area contributed by atoms with Gasteiger partial charge in [0.25, 0.3) is 32.1 Å². The minimum Gasteiger partial charge on any atom is -0.497 e. The third-order valence-corrected chi connectivity index (χ3v) is 9.76. The average molecular weight is 740 g/mol. The lowest BCUT2D eigenvalue weighted by Crippen LogP contribution is -2.19. The average Bonchev–Trinajstić information content (AvgIpc) is 3.10. The minimum atomic E-state index is -4.47. The number of amides is 3. The maximum Gasteiger partial charge on any atom is 0.294 e. The van der Waals surface area contributed by atoms with Crippen LogP contribution in [0.15, 0.2) is 125 Å². The van der Waals surface area contributed by atoms with Gasteiger partial charge in [0, 0.05) is 39.0 Å². The molecule has 0 atom stereocenters. The fraction of sp³-hybridized carbons (Fsp3) is 0.0541. The van der Waals surface area contributed by atoms with Crippen LogP contribution in [-0.4, -0.2) is 50.8 Å². The number of carbonyl (C=O) groups is 3. The molecule has 0 fully saturated rings. The third kappa shape index (κ3) is 8.08. The number of anilines is 3. The number of carbonyl (C=O) groups excluding carboxylic acids is 3. The Morgan fingerprint density at radius 3 is 1.52 bits per heavy atom. The van der Waals surface area contributed by atoms with E-state index in [1.807, 2.05) is 0 Å².